The summed E-state index contributed by atoms with van der Waals surface area (Å²) in [6, 6.07) is 8.38. The zero-order valence-electron chi connectivity index (χ0n) is 22.1. The topological polar surface area (TPSA) is 117 Å². The number of benzene rings is 1. The van der Waals surface area contributed by atoms with Gasteiger partial charge in [-0.25, -0.2) is 18.7 Å². The van der Waals surface area contributed by atoms with Crippen molar-refractivity contribution in [2.45, 2.75) is 44.7 Å². The highest BCUT2D eigenvalue weighted by Crippen LogP contribution is 2.46. The van der Waals surface area contributed by atoms with E-state index in [1.54, 1.807) is 45.3 Å². The fourth-order valence-corrected chi connectivity index (χ4v) is 5.88. The third-order valence-corrected chi connectivity index (χ3v) is 7.91. The maximum absolute atomic E-state index is 14.1. The van der Waals surface area contributed by atoms with Gasteiger partial charge in [-0.2, -0.15) is 0 Å². The first-order valence-corrected chi connectivity index (χ1v) is 12.9. The molecule has 1 aromatic carbocycles. The molecule has 0 saturated carbocycles. The number of aliphatic imine (C=N–C) groups is 1. The Labute approximate surface area is 228 Å². The monoisotopic (exact) mass is 544 g/mol. The maximum atomic E-state index is 14.1. The van der Waals surface area contributed by atoms with Gasteiger partial charge >= 0.3 is 0 Å². The van der Waals surface area contributed by atoms with E-state index in [0.29, 0.717) is 18.7 Å². The van der Waals surface area contributed by atoms with E-state index in [-0.39, 0.29) is 28.9 Å². The second kappa shape index (κ2) is 9.00. The summed E-state index contributed by atoms with van der Waals surface area (Å²) in [5, 5.41) is 5.59. The summed E-state index contributed by atoms with van der Waals surface area (Å²) in [6.45, 7) is 4.70. The smallest absolute Gasteiger partial charge is 0.270 e. The number of amides is 3. The van der Waals surface area contributed by atoms with Crippen LogP contribution in [0, 0.1) is 17.6 Å². The SMILES string of the molecule is CC(C)C1=N[C@@](C)(c2cc(F)cc(F)c2)N(CC(=O)Nc2cc3c(cn2)C[C@]2(C3)C(=O)Nc3ncccc32)C1=O. The highest BCUT2D eigenvalue weighted by molar-refractivity contribution is 6.41. The second-order valence-electron chi connectivity index (χ2n) is 10.9. The van der Waals surface area contributed by atoms with Gasteiger partial charge in [0.25, 0.3) is 5.91 Å². The minimum Gasteiger partial charge on any atom is -0.310 e. The number of fused-ring (bicyclic) bond motifs is 3. The molecule has 0 bridgehead atoms. The van der Waals surface area contributed by atoms with Crippen molar-refractivity contribution in [2.24, 2.45) is 10.9 Å². The average molecular weight is 545 g/mol. The molecule has 9 nitrogen and oxygen atoms in total. The molecule has 11 heteroatoms. The molecule has 6 rings (SSSR count). The van der Waals surface area contributed by atoms with Gasteiger partial charge < -0.3 is 10.6 Å². The molecular weight excluding hydrogens is 518 g/mol. The van der Waals surface area contributed by atoms with Gasteiger partial charge in [-0.15, -0.1) is 0 Å². The molecule has 3 amide bonds. The number of carbonyl (C=O) groups is 3. The maximum Gasteiger partial charge on any atom is 0.270 e. The predicted molar refractivity (Wildman–Crippen MR) is 143 cm³/mol. The molecule has 1 aliphatic carbocycles. The Kier molecular flexibility index (Phi) is 5.79. The van der Waals surface area contributed by atoms with Gasteiger partial charge in [0.05, 0.1) is 5.41 Å². The van der Waals surface area contributed by atoms with Crippen LogP contribution in [0.4, 0.5) is 20.4 Å². The Hall–Kier alpha value is -4.54. The van der Waals surface area contributed by atoms with Gasteiger partial charge in [-0.1, -0.05) is 19.9 Å². The first-order chi connectivity index (χ1) is 19.0. The molecule has 3 aromatic rings. The lowest BCUT2D eigenvalue weighted by atomic mass is 9.79. The first kappa shape index (κ1) is 25.7. The number of halogens is 2. The molecule has 3 aliphatic rings. The van der Waals surface area contributed by atoms with Gasteiger partial charge in [-0.05, 0) is 55.2 Å². The Morgan fingerprint density at radius 2 is 1.82 bits per heavy atom. The van der Waals surface area contributed by atoms with Gasteiger partial charge in [0.2, 0.25) is 11.8 Å². The van der Waals surface area contributed by atoms with Crippen molar-refractivity contribution >= 4 is 35.1 Å². The number of rotatable bonds is 5. The van der Waals surface area contributed by atoms with Crippen LogP contribution in [-0.4, -0.2) is 44.8 Å². The summed E-state index contributed by atoms with van der Waals surface area (Å²) in [7, 11) is 0. The van der Waals surface area contributed by atoms with E-state index in [2.05, 4.69) is 25.6 Å². The fraction of sp³-hybridized carbons (Fsp3) is 0.310. The third kappa shape index (κ3) is 3.95. The quantitative estimate of drug-likeness (QED) is 0.510. The molecular formula is C29H26F2N6O3. The largest absolute Gasteiger partial charge is 0.310 e. The second-order valence-corrected chi connectivity index (χ2v) is 10.9. The van der Waals surface area contributed by atoms with E-state index < -0.39 is 41.1 Å². The van der Waals surface area contributed by atoms with Gasteiger partial charge in [-0.3, -0.25) is 24.3 Å². The molecule has 1 spiro atoms. The van der Waals surface area contributed by atoms with E-state index in [9.17, 15) is 23.2 Å². The number of aromatic nitrogens is 2. The van der Waals surface area contributed by atoms with E-state index in [4.69, 9.17) is 0 Å². The van der Waals surface area contributed by atoms with E-state index in [0.717, 1.165) is 34.9 Å². The number of nitrogens with zero attached hydrogens (tertiary/aromatic N) is 4. The standard InChI is InChI=1S/C29H26F2N6O3/c1-15(2)24-26(39)37(28(3,36-24)18-8-19(30)10-20(31)9-18)14-23(38)34-22-7-16-11-29(12-17(16)13-33-22)21-5-4-6-32-25(21)35-27(29)40/h4-10,13,15H,11-12,14H2,1-3H3,(H,32,35,40)(H,33,34,38)/t28-,29+/m1/s1. The molecule has 0 radical (unpaired) electrons. The van der Waals surface area contributed by atoms with Gasteiger partial charge in [0.1, 0.15) is 35.5 Å². The molecule has 0 fully saturated rings. The van der Waals surface area contributed by atoms with E-state index in [1.807, 2.05) is 6.07 Å². The Morgan fingerprint density at radius 3 is 2.55 bits per heavy atom. The molecule has 204 valence electrons. The molecule has 2 aliphatic heterocycles. The molecule has 4 heterocycles. The van der Waals surface area contributed by atoms with Crippen LogP contribution in [0.25, 0.3) is 0 Å². The summed E-state index contributed by atoms with van der Waals surface area (Å²) in [5.74, 6) is -2.22. The van der Waals surface area contributed by atoms with Crippen molar-refractivity contribution in [2.75, 3.05) is 17.2 Å². The van der Waals surface area contributed by atoms with Crippen LogP contribution in [0.1, 0.15) is 43.0 Å². The molecule has 0 saturated heterocycles. The third-order valence-electron chi connectivity index (χ3n) is 7.91. The number of pyridine rings is 2. The average Bonchev–Trinajstić information content (AvgIpc) is 3.50. The Balaban J connectivity index is 1.24. The summed E-state index contributed by atoms with van der Waals surface area (Å²) < 4.78 is 28.2. The number of hydrogen-bond donors (Lipinski definition) is 2. The zero-order chi connectivity index (χ0) is 28.4. The predicted octanol–water partition coefficient (Wildman–Crippen LogP) is 3.49. The Morgan fingerprint density at radius 1 is 1.10 bits per heavy atom. The lowest BCUT2D eigenvalue weighted by Gasteiger charge is -2.33. The van der Waals surface area contributed by atoms with Crippen molar-refractivity contribution < 1.29 is 23.2 Å². The molecule has 2 N–H and O–H groups in total. The summed E-state index contributed by atoms with van der Waals surface area (Å²) in [4.78, 5) is 53.8. The van der Waals surface area contributed by atoms with Crippen LogP contribution in [-0.2, 0) is 38.3 Å². The van der Waals surface area contributed by atoms with Crippen molar-refractivity contribution in [3.05, 3.63) is 82.7 Å². The van der Waals surface area contributed by atoms with Crippen molar-refractivity contribution in [3.63, 3.8) is 0 Å². The Bertz CT molecular complexity index is 1620. The molecule has 0 unspecified atom stereocenters. The summed E-state index contributed by atoms with van der Waals surface area (Å²) >= 11 is 0. The number of anilines is 2. The van der Waals surface area contributed by atoms with Crippen LogP contribution in [0.3, 0.4) is 0 Å². The highest BCUT2D eigenvalue weighted by Gasteiger charge is 2.51. The van der Waals surface area contributed by atoms with Crippen LogP contribution >= 0.6 is 0 Å². The summed E-state index contributed by atoms with van der Waals surface area (Å²) in [5.41, 5.74) is 0.688. The van der Waals surface area contributed by atoms with E-state index in [1.165, 1.54) is 4.90 Å². The molecule has 2 atom stereocenters. The lowest BCUT2D eigenvalue weighted by molar-refractivity contribution is -0.133. The van der Waals surface area contributed by atoms with Crippen LogP contribution in [0.15, 0.2) is 53.8 Å². The zero-order valence-corrected chi connectivity index (χ0v) is 22.1. The number of hydrogen-bond acceptors (Lipinski definition) is 6. The fourth-order valence-electron chi connectivity index (χ4n) is 5.88. The molecule has 2 aromatic heterocycles. The van der Waals surface area contributed by atoms with Gasteiger partial charge in [0.15, 0.2) is 5.66 Å². The first-order valence-electron chi connectivity index (χ1n) is 12.9. The lowest BCUT2D eigenvalue weighted by Crippen LogP contribution is -2.47. The van der Waals surface area contributed by atoms with E-state index >= 15 is 0 Å². The minimum absolute atomic E-state index is 0.118. The van der Waals surface area contributed by atoms with Gasteiger partial charge in [0, 0.05) is 35.5 Å². The van der Waals surface area contributed by atoms with Crippen LogP contribution < -0.4 is 10.6 Å². The van der Waals surface area contributed by atoms with Crippen LogP contribution in [0.2, 0.25) is 0 Å². The number of carbonyl (C=O) groups excluding carboxylic acids is 3. The normalized spacial score (nSPS) is 22.9. The highest BCUT2D eigenvalue weighted by atomic mass is 19.1. The molecule has 40 heavy (non-hydrogen) atoms. The van der Waals surface area contributed by atoms with Crippen molar-refractivity contribution in [1.29, 1.82) is 0 Å². The van der Waals surface area contributed by atoms with Crippen LogP contribution in [0.5, 0.6) is 0 Å². The minimum atomic E-state index is -1.48. The van der Waals surface area contributed by atoms with Crippen molar-refractivity contribution in [3.8, 4) is 0 Å². The summed E-state index contributed by atoms with van der Waals surface area (Å²) in [6.07, 6.45) is 4.17. The number of nitrogens with one attached hydrogen (secondary N) is 2. The van der Waals surface area contributed by atoms with Crippen molar-refractivity contribution in [1.82, 2.24) is 14.9 Å².